The first-order chi connectivity index (χ1) is 14.2. The first-order valence-electron chi connectivity index (χ1n) is 8.80. The van der Waals surface area contributed by atoms with Crippen molar-refractivity contribution in [3.8, 4) is 11.8 Å². The van der Waals surface area contributed by atoms with Crippen LogP contribution < -0.4 is 10.5 Å². The molecule has 0 spiro atoms. The molecule has 0 radical (unpaired) electrons. The number of hydrogen-bond donors (Lipinski definition) is 2. The fraction of sp³-hybridized carbons (Fsp3) is 0.150. The molecule has 0 aliphatic heterocycles. The Hall–Kier alpha value is -3.19. The molecular weight excluding hydrogens is 426 g/mol. The maximum absolute atomic E-state index is 12.1. The third-order valence-electron chi connectivity index (χ3n) is 4.47. The molecule has 3 aromatic rings. The van der Waals surface area contributed by atoms with Crippen molar-refractivity contribution in [1.82, 2.24) is 9.78 Å². The summed E-state index contributed by atoms with van der Waals surface area (Å²) in [4.78, 5) is 11.5. The van der Waals surface area contributed by atoms with Crippen molar-refractivity contribution in [2.24, 2.45) is 5.14 Å². The van der Waals surface area contributed by atoms with E-state index in [9.17, 15) is 13.2 Å². The first kappa shape index (κ1) is 21.5. The summed E-state index contributed by atoms with van der Waals surface area (Å²) >= 11 is 6.22. The van der Waals surface area contributed by atoms with E-state index in [4.69, 9.17) is 22.0 Å². The number of rotatable bonds is 7. The molecule has 0 bridgehead atoms. The minimum atomic E-state index is -4.08. The normalized spacial score (nSPS) is 12.2. The fourth-order valence-electron chi connectivity index (χ4n) is 2.96. The zero-order valence-electron chi connectivity index (χ0n) is 15.9. The summed E-state index contributed by atoms with van der Waals surface area (Å²) < 4.78 is 25.5. The topological polar surface area (TPSA) is 131 Å². The van der Waals surface area contributed by atoms with Crippen LogP contribution in [0.4, 0.5) is 5.69 Å². The standard InChI is InChI=1S/C20H18ClN5O3S/c1-13-2-4-18(21)17(6-13)15(12-27)10-24-16-3-5-19(20(7-16)30(23,28)29)26-11-14(8-22)9-25-26/h2-7,9,11-12,15,24H,10H2,1H3,(H2,23,28,29). The van der Waals surface area contributed by atoms with E-state index in [1.807, 2.05) is 25.1 Å². The molecule has 0 aliphatic rings. The Morgan fingerprint density at radius 1 is 1.33 bits per heavy atom. The molecule has 3 N–H and O–H groups in total. The molecule has 154 valence electrons. The summed E-state index contributed by atoms with van der Waals surface area (Å²) in [7, 11) is -4.08. The Kier molecular flexibility index (Phi) is 6.22. The minimum absolute atomic E-state index is 0.170. The molecule has 0 fully saturated rings. The van der Waals surface area contributed by atoms with Gasteiger partial charge in [-0.3, -0.25) is 0 Å². The molecular formula is C20H18ClN5O3S. The second-order valence-corrected chi connectivity index (χ2v) is 8.60. The van der Waals surface area contributed by atoms with Crippen LogP contribution in [0, 0.1) is 18.3 Å². The lowest BCUT2D eigenvalue weighted by molar-refractivity contribution is -0.108. The number of primary sulfonamides is 1. The van der Waals surface area contributed by atoms with E-state index in [2.05, 4.69) is 10.4 Å². The van der Waals surface area contributed by atoms with E-state index in [0.717, 1.165) is 11.8 Å². The highest BCUT2D eigenvalue weighted by molar-refractivity contribution is 7.89. The van der Waals surface area contributed by atoms with Gasteiger partial charge in [0.2, 0.25) is 10.0 Å². The number of aromatic nitrogens is 2. The Morgan fingerprint density at radius 2 is 2.10 bits per heavy atom. The molecule has 30 heavy (non-hydrogen) atoms. The van der Waals surface area contributed by atoms with E-state index in [0.29, 0.717) is 16.3 Å². The molecule has 3 rings (SSSR count). The number of aryl methyl sites for hydroxylation is 1. The van der Waals surface area contributed by atoms with Crippen LogP contribution in [-0.4, -0.2) is 31.0 Å². The van der Waals surface area contributed by atoms with Crippen molar-refractivity contribution in [2.75, 3.05) is 11.9 Å². The van der Waals surface area contributed by atoms with Crippen LogP contribution in [-0.2, 0) is 14.8 Å². The summed E-state index contributed by atoms with van der Waals surface area (Å²) in [6.45, 7) is 2.11. The predicted molar refractivity (Wildman–Crippen MR) is 113 cm³/mol. The van der Waals surface area contributed by atoms with E-state index >= 15 is 0 Å². The highest BCUT2D eigenvalue weighted by Crippen LogP contribution is 2.27. The fourth-order valence-corrected chi connectivity index (χ4v) is 3.96. The maximum Gasteiger partial charge on any atom is 0.240 e. The van der Waals surface area contributed by atoms with Gasteiger partial charge in [0.25, 0.3) is 0 Å². The lowest BCUT2D eigenvalue weighted by atomic mass is 9.98. The van der Waals surface area contributed by atoms with E-state index in [1.54, 1.807) is 12.1 Å². The van der Waals surface area contributed by atoms with Crippen molar-refractivity contribution >= 4 is 33.6 Å². The van der Waals surface area contributed by atoms with Gasteiger partial charge >= 0.3 is 0 Å². The molecule has 1 unspecified atom stereocenters. The van der Waals surface area contributed by atoms with Crippen LogP contribution in [0.5, 0.6) is 0 Å². The molecule has 0 saturated heterocycles. The van der Waals surface area contributed by atoms with Gasteiger partial charge in [-0.25, -0.2) is 18.2 Å². The van der Waals surface area contributed by atoms with Crippen LogP contribution in [0.3, 0.4) is 0 Å². The number of nitrogens with zero attached hydrogens (tertiary/aromatic N) is 3. The summed E-state index contributed by atoms with van der Waals surface area (Å²) in [5.41, 5.74) is 2.59. The van der Waals surface area contributed by atoms with E-state index in [-0.39, 0.29) is 22.7 Å². The van der Waals surface area contributed by atoms with Gasteiger partial charge in [0.15, 0.2) is 0 Å². The Labute approximate surface area is 178 Å². The highest BCUT2D eigenvalue weighted by atomic mass is 35.5. The van der Waals surface area contributed by atoms with Gasteiger partial charge in [0.1, 0.15) is 17.3 Å². The number of nitrogens with two attached hydrogens (primary N) is 1. The van der Waals surface area contributed by atoms with E-state index < -0.39 is 15.9 Å². The average Bonchev–Trinajstić information content (AvgIpc) is 3.19. The highest BCUT2D eigenvalue weighted by Gasteiger charge is 2.19. The number of benzene rings is 2. The number of halogens is 1. The summed E-state index contributed by atoms with van der Waals surface area (Å²) in [6.07, 6.45) is 3.51. The van der Waals surface area contributed by atoms with Gasteiger partial charge in [-0.1, -0.05) is 29.3 Å². The quantitative estimate of drug-likeness (QED) is 0.540. The molecule has 0 aliphatic carbocycles. The zero-order chi connectivity index (χ0) is 21.9. The van der Waals surface area contributed by atoms with Crippen molar-refractivity contribution < 1.29 is 13.2 Å². The molecule has 8 nitrogen and oxygen atoms in total. The largest absolute Gasteiger partial charge is 0.384 e. The number of sulfonamides is 1. The van der Waals surface area contributed by atoms with Gasteiger partial charge in [0, 0.05) is 23.5 Å². The maximum atomic E-state index is 12.1. The van der Waals surface area contributed by atoms with Gasteiger partial charge in [0.05, 0.1) is 23.4 Å². The molecule has 2 aromatic carbocycles. The Morgan fingerprint density at radius 3 is 2.73 bits per heavy atom. The van der Waals surface area contributed by atoms with Crippen LogP contribution in [0.15, 0.2) is 53.7 Å². The summed E-state index contributed by atoms with van der Waals surface area (Å²) in [5, 5.41) is 21.9. The average molecular weight is 444 g/mol. The van der Waals surface area contributed by atoms with Gasteiger partial charge in [-0.15, -0.1) is 0 Å². The van der Waals surface area contributed by atoms with Gasteiger partial charge < -0.3 is 10.1 Å². The number of anilines is 1. The molecule has 10 heteroatoms. The van der Waals surface area contributed by atoms with Crippen molar-refractivity contribution in [1.29, 1.82) is 5.26 Å². The smallest absolute Gasteiger partial charge is 0.240 e. The molecule has 0 amide bonds. The van der Waals surface area contributed by atoms with Gasteiger partial charge in [-0.05, 0) is 36.8 Å². The second-order valence-electron chi connectivity index (χ2n) is 6.66. The van der Waals surface area contributed by atoms with Crippen molar-refractivity contribution in [3.63, 3.8) is 0 Å². The molecule has 0 saturated carbocycles. The Bertz CT molecular complexity index is 1250. The second kappa shape index (κ2) is 8.67. The number of carbonyl (C=O) groups excluding carboxylic acids is 1. The number of aldehydes is 1. The monoisotopic (exact) mass is 443 g/mol. The van der Waals surface area contributed by atoms with Crippen LogP contribution >= 0.6 is 11.6 Å². The lowest BCUT2D eigenvalue weighted by Crippen LogP contribution is -2.18. The number of nitriles is 1. The summed E-state index contributed by atoms with van der Waals surface area (Å²) in [6, 6.07) is 11.9. The van der Waals surface area contributed by atoms with Crippen molar-refractivity contribution in [2.45, 2.75) is 17.7 Å². The van der Waals surface area contributed by atoms with Crippen molar-refractivity contribution in [3.05, 3.63) is 70.5 Å². The predicted octanol–water partition coefficient (Wildman–Crippen LogP) is 2.75. The lowest BCUT2D eigenvalue weighted by Gasteiger charge is -2.16. The third-order valence-corrected chi connectivity index (χ3v) is 5.75. The summed E-state index contributed by atoms with van der Waals surface area (Å²) in [5.74, 6) is -0.528. The van der Waals surface area contributed by atoms with Crippen LogP contribution in [0.1, 0.15) is 22.6 Å². The first-order valence-corrected chi connectivity index (χ1v) is 10.7. The molecule has 1 aromatic heterocycles. The number of nitrogens with one attached hydrogen (secondary N) is 1. The SMILES string of the molecule is Cc1ccc(Cl)c(C(C=O)CNc2ccc(-n3cc(C#N)cn3)c(S(N)(=O)=O)c2)c1. The third kappa shape index (κ3) is 4.68. The minimum Gasteiger partial charge on any atom is -0.384 e. The van der Waals surface area contributed by atoms with Gasteiger partial charge in [-0.2, -0.15) is 10.4 Å². The van der Waals surface area contributed by atoms with Crippen LogP contribution in [0.2, 0.25) is 5.02 Å². The zero-order valence-corrected chi connectivity index (χ0v) is 17.5. The Balaban J connectivity index is 1.91. The molecule has 1 atom stereocenters. The molecule has 1 heterocycles. The van der Waals surface area contributed by atoms with Crippen LogP contribution in [0.25, 0.3) is 5.69 Å². The van der Waals surface area contributed by atoms with E-state index in [1.165, 1.54) is 29.2 Å². The number of carbonyl (C=O) groups is 1. The number of hydrogen-bond acceptors (Lipinski definition) is 6.